The lowest BCUT2D eigenvalue weighted by Crippen LogP contribution is -2.30. The Kier molecular flexibility index (Phi) is 4.83. The number of carbonyl (C=O) groups excluding carboxylic acids is 2. The summed E-state index contributed by atoms with van der Waals surface area (Å²) in [4.78, 5) is 27.9. The van der Waals surface area contributed by atoms with Crippen molar-refractivity contribution < 1.29 is 14.0 Å². The van der Waals surface area contributed by atoms with Crippen LogP contribution in [0.25, 0.3) is 0 Å². The van der Waals surface area contributed by atoms with Gasteiger partial charge >= 0.3 is 0 Å². The molecule has 2 amide bonds. The number of pyridine rings is 1. The Balaban J connectivity index is 2.15. The SMILES string of the molecule is CC(C)NC(=O)c1cncc(C(=O)Nc2cccc(F)c2)c1. The van der Waals surface area contributed by atoms with Crippen LogP contribution in [0.5, 0.6) is 0 Å². The molecule has 2 aromatic rings. The van der Waals surface area contributed by atoms with Crippen molar-refractivity contribution in [2.75, 3.05) is 5.32 Å². The van der Waals surface area contributed by atoms with Crippen LogP contribution in [0.15, 0.2) is 42.7 Å². The molecule has 1 aromatic carbocycles. The second-order valence-electron chi connectivity index (χ2n) is 5.05. The van der Waals surface area contributed by atoms with Gasteiger partial charge in [0.25, 0.3) is 11.8 Å². The quantitative estimate of drug-likeness (QED) is 0.912. The number of aromatic nitrogens is 1. The van der Waals surface area contributed by atoms with E-state index in [0.29, 0.717) is 11.3 Å². The maximum atomic E-state index is 13.1. The first-order chi connectivity index (χ1) is 10.5. The van der Waals surface area contributed by atoms with Crippen molar-refractivity contribution in [2.45, 2.75) is 19.9 Å². The summed E-state index contributed by atoms with van der Waals surface area (Å²) in [7, 11) is 0. The van der Waals surface area contributed by atoms with E-state index >= 15 is 0 Å². The first kappa shape index (κ1) is 15.6. The number of anilines is 1. The molecule has 0 spiro atoms. The van der Waals surface area contributed by atoms with E-state index in [2.05, 4.69) is 15.6 Å². The number of nitrogens with zero attached hydrogens (tertiary/aromatic N) is 1. The highest BCUT2D eigenvalue weighted by Gasteiger charge is 2.12. The smallest absolute Gasteiger partial charge is 0.257 e. The van der Waals surface area contributed by atoms with Crippen LogP contribution in [0.2, 0.25) is 0 Å². The molecule has 1 heterocycles. The van der Waals surface area contributed by atoms with E-state index in [9.17, 15) is 14.0 Å². The summed E-state index contributed by atoms with van der Waals surface area (Å²) >= 11 is 0. The van der Waals surface area contributed by atoms with Crippen LogP contribution in [0, 0.1) is 5.82 Å². The first-order valence-corrected chi connectivity index (χ1v) is 6.78. The maximum Gasteiger partial charge on any atom is 0.257 e. The fraction of sp³-hybridized carbons (Fsp3) is 0.188. The predicted octanol–water partition coefficient (Wildman–Crippen LogP) is 2.61. The van der Waals surface area contributed by atoms with Gasteiger partial charge < -0.3 is 10.6 Å². The molecule has 1 aromatic heterocycles. The summed E-state index contributed by atoms with van der Waals surface area (Å²) in [6, 6.07) is 6.99. The average molecular weight is 301 g/mol. The van der Waals surface area contributed by atoms with Crippen molar-refractivity contribution in [3.05, 3.63) is 59.7 Å². The zero-order valence-electron chi connectivity index (χ0n) is 12.3. The lowest BCUT2D eigenvalue weighted by molar-refractivity contribution is 0.0942. The van der Waals surface area contributed by atoms with E-state index in [4.69, 9.17) is 0 Å². The van der Waals surface area contributed by atoms with Gasteiger partial charge in [0.15, 0.2) is 0 Å². The number of benzene rings is 1. The van der Waals surface area contributed by atoms with E-state index < -0.39 is 11.7 Å². The zero-order chi connectivity index (χ0) is 16.1. The minimum Gasteiger partial charge on any atom is -0.350 e. The molecule has 0 unspecified atom stereocenters. The van der Waals surface area contributed by atoms with Gasteiger partial charge in [-0.25, -0.2) is 4.39 Å². The van der Waals surface area contributed by atoms with Crippen LogP contribution in [0.3, 0.4) is 0 Å². The van der Waals surface area contributed by atoms with Gasteiger partial charge in [-0.05, 0) is 38.1 Å². The van der Waals surface area contributed by atoms with Gasteiger partial charge in [0.1, 0.15) is 5.82 Å². The molecule has 0 saturated carbocycles. The highest BCUT2D eigenvalue weighted by Crippen LogP contribution is 2.11. The van der Waals surface area contributed by atoms with Gasteiger partial charge in [0.2, 0.25) is 0 Å². The van der Waals surface area contributed by atoms with Crippen molar-refractivity contribution in [1.82, 2.24) is 10.3 Å². The molecule has 0 bridgehead atoms. The maximum absolute atomic E-state index is 13.1. The minimum atomic E-state index is -0.461. The molecule has 0 radical (unpaired) electrons. The molecule has 0 atom stereocenters. The van der Waals surface area contributed by atoms with Crippen molar-refractivity contribution in [3.63, 3.8) is 0 Å². The molecular weight excluding hydrogens is 285 g/mol. The minimum absolute atomic E-state index is 0.0164. The highest BCUT2D eigenvalue weighted by molar-refractivity contribution is 6.05. The van der Waals surface area contributed by atoms with Crippen molar-refractivity contribution in [1.29, 1.82) is 0 Å². The Morgan fingerprint density at radius 1 is 1.09 bits per heavy atom. The molecule has 6 heteroatoms. The average Bonchev–Trinajstić information content (AvgIpc) is 2.46. The monoisotopic (exact) mass is 301 g/mol. The van der Waals surface area contributed by atoms with Gasteiger partial charge in [0, 0.05) is 24.1 Å². The Labute approximate surface area is 127 Å². The summed E-state index contributed by atoms with van der Waals surface area (Å²) in [6.07, 6.45) is 2.73. The predicted molar refractivity (Wildman–Crippen MR) is 81.2 cm³/mol. The number of nitrogens with one attached hydrogen (secondary N) is 2. The third-order valence-corrected chi connectivity index (χ3v) is 2.76. The first-order valence-electron chi connectivity index (χ1n) is 6.78. The Bertz CT molecular complexity index is 701. The third-order valence-electron chi connectivity index (χ3n) is 2.76. The number of hydrogen-bond donors (Lipinski definition) is 2. The lowest BCUT2D eigenvalue weighted by Gasteiger charge is -2.09. The van der Waals surface area contributed by atoms with Gasteiger partial charge in [-0.2, -0.15) is 0 Å². The molecule has 2 N–H and O–H groups in total. The summed E-state index contributed by atoms with van der Waals surface area (Å²) in [5, 5.41) is 5.28. The van der Waals surface area contributed by atoms with Crippen LogP contribution < -0.4 is 10.6 Å². The van der Waals surface area contributed by atoms with Crippen molar-refractivity contribution >= 4 is 17.5 Å². The van der Waals surface area contributed by atoms with Gasteiger partial charge in [-0.3, -0.25) is 14.6 Å². The van der Waals surface area contributed by atoms with Gasteiger partial charge in [0.05, 0.1) is 11.1 Å². The number of amides is 2. The topological polar surface area (TPSA) is 71.1 Å². The van der Waals surface area contributed by atoms with E-state index in [0.717, 1.165) is 0 Å². The number of hydrogen-bond acceptors (Lipinski definition) is 3. The largest absolute Gasteiger partial charge is 0.350 e. The summed E-state index contributed by atoms with van der Waals surface area (Å²) in [5.74, 6) is -1.21. The Hall–Kier alpha value is -2.76. The molecule has 0 fully saturated rings. The zero-order valence-corrected chi connectivity index (χ0v) is 12.3. The van der Waals surface area contributed by atoms with Gasteiger partial charge in [-0.15, -0.1) is 0 Å². The van der Waals surface area contributed by atoms with E-state index in [1.807, 2.05) is 13.8 Å². The standard InChI is InChI=1S/C16H16FN3O2/c1-10(2)19-15(21)11-6-12(9-18-8-11)16(22)20-14-5-3-4-13(17)7-14/h3-10H,1-2H3,(H,19,21)(H,20,22). The van der Waals surface area contributed by atoms with Crippen molar-refractivity contribution in [2.24, 2.45) is 0 Å². The molecular formula is C16H16FN3O2. The van der Waals surface area contributed by atoms with Crippen LogP contribution in [-0.4, -0.2) is 22.8 Å². The fourth-order valence-electron chi connectivity index (χ4n) is 1.80. The number of rotatable bonds is 4. The summed E-state index contributed by atoms with van der Waals surface area (Å²) in [5.41, 5.74) is 0.850. The third kappa shape index (κ3) is 4.12. The van der Waals surface area contributed by atoms with Crippen molar-refractivity contribution in [3.8, 4) is 0 Å². The van der Waals surface area contributed by atoms with Crippen LogP contribution in [-0.2, 0) is 0 Å². The number of carbonyl (C=O) groups is 2. The van der Waals surface area contributed by atoms with Crippen LogP contribution >= 0.6 is 0 Å². The molecule has 0 aliphatic rings. The molecule has 2 rings (SSSR count). The van der Waals surface area contributed by atoms with Crippen LogP contribution in [0.4, 0.5) is 10.1 Å². The Morgan fingerprint density at radius 3 is 2.41 bits per heavy atom. The second-order valence-corrected chi connectivity index (χ2v) is 5.05. The normalized spacial score (nSPS) is 10.4. The van der Waals surface area contributed by atoms with E-state index in [-0.39, 0.29) is 17.5 Å². The molecule has 0 saturated heterocycles. The lowest BCUT2D eigenvalue weighted by atomic mass is 10.1. The molecule has 114 valence electrons. The Morgan fingerprint density at radius 2 is 1.77 bits per heavy atom. The molecule has 0 aliphatic carbocycles. The van der Waals surface area contributed by atoms with E-state index in [1.54, 1.807) is 6.07 Å². The fourth-order valence-corrected chi connectivity index (χ4v) is 1.80. The summed E-state index contributed by atoms with van der Waals surface area (Å²) < 4.78 is 13.1. The number of halogens is 1. The van der Waals surface area contributed by atoms with Gasteiger partial charge in [-0.1, -0.05) is 6.07 Å². The van der Waals surface area contributed by atoms with Crippen LogP contribution in [0.1, 0.15) is 34.6 Å². The van der Waals surface area contributed by atoms with E-state index in [1.165, 1.54) is 36.7 Å². The summed E-state index contributed by atoms with van der Waals surface area (Å²) in [6.45, 7) is 3.68. The molecule has 0 aliphatic heterocycles. The second kappa shape index (κ2) is 6.80. The highest BCUT2D eigenvalue weighted by atomic mass is 19.1. The molecule has 22 heavy (non-hydrogen) atoms. The molecule has 5 nitrogen and oxygen atoms in total.